The topological polar surface area (TPSA) is 39.4 Å². The van der Waals surface area contributed by atoms with Gasteiger partial charge in [-0.05, 0) is 17.5 Å². The van der Waals surface area contributed by atoms with E-state index in [0.29, 0.717) is 0 Å². The molecule has 0 aromatic carbocycles. The molecule has 86 valence electrons. The van der Waals surface area contributed by atoms with Crippen molar-refractivity contribution in [1.29, 1.82) is 0 Å². The average Bonchev–Trinajstić information content (AvgIpc) is 2.55. The zero-order valence-corrected chi connectivity index (χ0v) is 10.2. The van der Waals surface area contributed by atoms with Crippen molar-refractivity contribution in [3.63, 3.8) is 0 Å². The Balaban J connectivity index is 2.36. The fourth-order valence-corrected chi connectivity index (χ4v) is 1.58. The summed E-state index contributed by atoms with van der Waals surface area (Å²) in [6.45, 7) is 6.54. The van der Waals surface area contributed by atoms with E-state index < -0.39 is 0 Å². The second kappa shape index (κ2) is 3.77. The second-order valence-corrected chi connectivity index (χ2v) is 5.14. The Morgan fingerprint density at radius 3 is 2.69 bits per heavy atom. The van der Waals surface area contributed by atoms with Crippen LogP contribution in [0.1, 0.15) is 26.6 Å². The first-order valence-corrected chi connectivity index (χ1v) is 5.37. The first kappa shape index (κ1) is 10.9. The van der Waals surface area contributed by atoms with Crippen LogP contribution in [-0.4, -0.2) is 21.7 Å². The van der Waals surface area contributed by atoms with Crippen LogP contribution in [0.15, 0.2) is 18.3 Å². The summed E-state index contributed by atoms with van der Waals surface area (Å²) in [6.07, 6.45) is 2.71. The molecular weight excluding hydrogens is 202 g/mol. The summed E-state index contributed by atoms with van der Waals surface area (Å²) in [6, 6.07) is 3.81. The molecule has 0 unspecified atom stereocenters. The van der Waals surface area contributed by atoms with Gasteiger partial charge in [-0.3, -0.25) is 0 Å². The number of rotatable bonds is 2. The molecule has 0 aliphatic heterocycles. The lowest BCUT2D eigenvalue weighted by Gasteiger charge is -2.14. The molecule has 4 nitrogen and oxygen atoms in total. The van der Waals surface area contributed by atoms with Gasteiger partial charge >= 0.3 is 0 Å². The molecule has 2 rings (SSSR count). The molecule has 0 atom stereocenters. The molecule has 0 bridgehead atoms. The molecule has 2 heterocycles. The number of hydrogen-bond donors (Lipinski definition) is 0. The Morgan fingerprint density at radius 2 is 2.06 bits per heavy atom. The van der Waals surface area contributed by atoms with E-state index in [0.717, 1.165) is 23.6 Å². The third-order valence-corrected chi connectivity index (χ3v) is 2.27. The summed E-state index contributed by atoms with van der Waals surface area (Å²) in [4.78, 5) is 4.47. The predicted octanol–water partition coefficient (Wildman–Crippen LogP) is 2.33. The van der Waals surface area contributed by atoms with Gasteiger partial charge in [0.2, 0.25) is 0 Å². The van der Waals surface area contributed by atoms with E-state index in [-0.39, 0.29) is 5.41 Å². The van der Waals surface area contributed by atoms with E-state index in [9.17, 15) is 0 Å². The number of aromatic nitrogens is 3. The highest BCUT2D eigenvalue weighted by Gasteiger charge is 2.15. The van der Waals surface area contributed by atoms with Crippen LogP contribution in [0.4, 0.5) is 0 Å². The van der Waals surface area contributed by atoms with Crippen molar-refractivity contribution < 1.29 is 4.74 Å². The minimum Gasteiger partial charge on any atom is -0.495 e. The first-order valence-electron chi connectivity index (χ1n) is 5.37. The third-order valence-electron chi connectivity index (χ3n) is 2.27. The molecule has 2 aromatic rings. The van der Waals surface area contributed by atoms with E-state index in [1.165, 1.54) is 0 Å². The van der Waals surface area contributed by atoms with Gasteiger partial charge in [0.1, 0.15) is 5.75 Å². The molecule has 2 aromatic heterocycles. The highest BCUT2D eigenvalue weighted by Crippen LogP contribution is 2.19. The zero-order chi connectivity index (χ0) is 11.8. The monoisotopic (exact) mass is 219 g/mol. The molecule has 0 N–H and O–H groups in total. The Labute approximate surface area is 95.3 Å². The number of ether oxygens (including phenoxy) is 1. The van der Waals surface area contributed by atoms with Crippen LogP contribution in [0.2, 0.25) is 0 Å². The van der Waals surface area contributed by atoms with Crippen molar-refractivity contribution >= 4 is 5.65 Å². The van der Waals surface area contributed by atoms with Gasteiger partial charge in [0, 0.05) is 6.42 Å². The minimum atomic E-state index is 0.203. The van der Waals surface area contributed by atoms with E-state index >= 15 is 0 Å². The molecule has 16 heavy (non-hydrogen) atoms. The number of pyridine rings is 1. The van der Waals surface area contributed by atoms with Gasteiger partial charge in [0.25, 0.3) is 0 Å². The maximum atomic E-state index is 5.14. The highest BCUT2D eigenvalue weighted by molar-refractivity contribution is 5.40. The first-order chi connectivity index (χ1) is 7.48. The molecule has 0 amide bonds. The van der Waals surface area contributed by atoms with Crippen molar-refractivity contribution in [2.75, 3.05) is 7.11 Å². The van der Waals surface area contributed by atoms with E-state index in [4.69, 9.17) is 4.74 Å². The van der Waals surface area contributed by atoms with E-state index in [1.54, 1.807) is 11.6 Å². The maximum absolute atomic E-state index is 5.14. The molecule has 0 fully saturated rings. The quantitative estimate of drug-likeness (QED) is 0.778. The van der Waals surface area contributed by atoms with Gasteiger partial charge in [-0.2, -0.15) is 5.10 Å². The van der Waals surface area contributed by atoms with Crippen LogP contribution < -0.4 is 4.74 Å². The smallest absolute Gasteiger partial charge is 0.155 e. The van der Waals surface area contributed by atoms with Gasteiger partial charge in [-0.25, -0.2) is 9.50 Å². The molecule has 0 aliphatic rings. The van der Waals surface area contributed by atoms with Crippen LogP contribution in [0, 0.1) is 5.41 Å². The third kappa shape index (κ3) is 2.32. The molecule has 0 aliphatic carbocycles. The SMILES string of the molecule is COc1ccc2nc(CC(C)(C)C)nn2c1. The molecule has 0 spiro atoms. The Kier molecular flexibility index (Phi) is 2.58. The van der Waals surface area contributed by atoms with Crippen molar-refractivity contribution in [1.82, 2.24) is 14.6 Å². The standard InChI is InChI=1S/C12H17N3O/c1-12(2,3)7-10-13-11-6-5-9(16-4)8-15(11)14-10/h5-6,8H,7H2,1-4H3. The number of hydrogen-bond acceptors (Lipinski definition) is 3. The van der Waals surface area contributed by atoms with Crippen LogP contribution >= 0.6 is 0 Å². The van der Waals surface area contributed by atoms with Crippen molar-refractivity contribution in [2.45, 2.75) is 27.2 Å². The van der Waals surface area contributed by atoms with E-state index in [1.807, 2.05) is 18.3 Å². The van der Waals surface area contributed by atoms with Gasteiger partial charge in [-0.15, -0.1) is 0 Å². The molecule has 0 saturated carbocycles. The fourth-order valence-electron chi connectivity index (χ4n) is 1.58. The highest BCUT2D eigenvalue weighted by atomic mass is 16.5. The normalized spacial score (nSPS) is 12.0. The number of methoxy groups -OCH3 is 1. The zero-order valence-electron chi connectivity index (χ0n) is 10.2. The van der Waals surface area contributed by atoms with Crippen molar-refractivity contribution in [2.24, 2.45) is 5.41 Å². The summed E-state index contributed by atoms with van der Waals surface area (Å²) in [5, 5.41) is 4.43. The maximum Gasteiger partial charge on any atom is 0.155 e. The Hall–Kier alpha value is -1.58. The van der Waals surface area contributed by atoms with Gasteiger partial charge in [0.05, 0.1) is 13.3 Å². The summed E-state index contributed by atoms with van der Waals surface area (Å²) >= 11 is 0. The lowest BCUT2D eigenvalue weighted by atomic mass is 9.92. The second-order valence-electron chi connectivity index (χ2n) is 5.14. The fraction of sp³-hybridized carbons (Fsp3) is 0.500. The predicted molar refractivity (Wildman–Crippen MR) is 62.7 cm³/mol. The van der Waals surface area contributed by atoms with Crippen LogP contribution in [-0.2, 0) is 6.42 Å². The molecule has 0 saturated heterocycles. The van der Waals surface area contributed by atoms with E-state index in [2.05, 4.69) is 30.9 Å². The molecule has 4 heteroatoms. The van der Waals surface area contributed by atoms with Crippen molar-refractivity contribution in [3.8, 4) is 5.75 Å². The van der Waals surface area contributed by atoms with Crippen LogP contribution in [0.3, 0.4) is 0 Å². The molecular formula is C12H17N3O. The summed E-state index contributed by atoms with van der Waals surface area (Å²) < 4.78 is 6.91. The summed E-state index contributed by atoms with van der Waals surface area (Å²) in [5.41, 5.74) is 1.06. The van der Waals surface area contributed by atoms with Gasteiger partial charge in [-0.1, -0.05) is 20.8 Å². The Bertz CT molecular complexity index is 496. The molecule has 0 radical (unpaired) electrons. The number of nitrogens with zero attached hydrogens (tertiary/aromatic N) is 3. The van der Waals surface area contributed by atoms with Gasteiger partial charge in [0.15, 0.2) is 11.5 Å². The number of fused-ring (bicyclic) bond motifs is 1. The summed E-state index contributed by atoms with van der Waals surface area (Å²) in [5.74, 6) is 1.67. The lowest BCUT2D eigenvalue weighted by molar-refractivity contribution is 0.400. The van der Waals surface area contributed by atoms with Crippen LogP contribution in [0.25, 0.3) is 5.65 Å². The largest absolute Gasteiger partial charge is 0.495 e. The Morgan fingerprint density at radius 1 is 1.31 bits per heavy atom. The van der Waals surface area contributed by atoms with Gasteiger partial charge < -0.3 is 4.74 Å². The lowest BCUT2D eigenvalue weighted by Crippen LogP contribution is -2.10. The summed E-state index contributed by atoms with van der Waals surface area (Å²) in [7, 11) is 1.65. The minimum absolute atomic E-state index is 0.203. The van der Waals surface area contributed by atoms with Crippen LogP contribution in [0.5, 0.6) is 5.75 Å². The average molecular weight is 219 g/mol. The van der Waals surface area contributed by atoms with Crippen molar-refractivity contribution in [3.05, 3.63) is 24.2 Å².